The lowest BCUT2D eigenvalue weighted by molar-refractivity contribution is -0.132. The summed E-state index contributed by atoms with van der Waals surface area (Å²) in [6.45, 7) is 3.55. The number of carbonyl (C=O) groups excluding carboxylic acids is 1. The van der Waals surface area contributed by atoms with Gasteiger partial charge in [-0.1, -0.05) is 23.7 Å². The highest BCUT2D eigenvalue weighted by atomic mass is 35.5. The Hall–Kier alpha value is -2.22. The molecule has 1 fully saturated rings. The monoisotopic (exact) mass is 402 g/mol. The third-order valence-electron chi connectivity index (χ3n) is 4.74. The van der Waals surface area contributed by atoms with Gasteiger partial charge in [0.15, 0.2) is 4.96 Å². The molecule has 0 aliphatic carbocycles. The van der Waals surface area contributed by atoms with Gasteiger partial charge in [-0.05, 0) is 17.7 Å². The van der Waals surface area contributed by atoms with Gasteiger partial charge in [-0.15, -0.1) is 11.3 Å². The Kier molecular flexibility index (Phi) is 5.24. The van der Waals surface area contributed by atoms with Crippen LogP contribution < -0.4 is 5.56 Å². The molecule has 6 nitrogen and oxygen atoms in total. The van der Waals surface area contributed by atoms with E-state index in [9.17, 15) is 9.59 Å². The van der Waals surface area contributed by atoms with E-state index in [-0.39, 0.29) is 11.5 Å². The number of amides is 1. The van der Waals surface area contributed by atoms with Crippen molar-refractivity contribution < 1.29 is 4.79 Å². The van der Waals surface area contributed by atoms with Crippen LogP contribution in [-0.2, 0) is 17.8 Å². The third kappa shape index (κ3) is 4.21. The van der Waals surface area contributed by atoms with Crippen molar-refractivity contribution >= 4 is 33.8 Å². The second-order valence-electron chi connectivity index (χ2n) is 6.60. The van der Waals surface area contributed by atoms with Crippen molar-refractivity contribution in [3.8, 4) is 0 Å². The maximum Gasteiger partial charge on any atom is 0.258 e. The second-order valence-corrected chi connectivity index (χ2v) is 7.91. The molecule has 2 aromatic heterocycles. The van der Waals surface area contributed by atoms with Crippen LogP contribution in [0.1, 0.15) is 11.3 Å². The lowest BCUT2D eigenvalue weighted by atomic mass is 10.1. The fraction of sp³-hybridized carbons (Fsp3) is 0.316. The maximum absolute atomic E-state index is 12.5. The largest absolute Gasteiger partial charge is 0.340 e. The lowest BCUT2D eigenvalue weighted by Gasteiger charge is -2.34. The molecule has 1 saturated heterocycles. The van der Waals surface area contributed by atoms with E-state index in [2.05, 4.69) is 9.88 Å². The van der Waals surface area contributed by atoms with Crippen molar-refractivity contribution in [2.45, 2.75) is 13.0 Å². The average Bonchev–Trinajstić information content (AvgIpc) is 3.13. The average molecular weight is 403 g/mol. The van der Waals surface area contributed by atoms with Gasteiger partial charge in [0.05, 0.1) is 12.1 Å². The van der Waals surface area contributed by atoms with E-state index in [1.165, 1.54) is 11.3 Å². The fourth-order valence-electron chi connectivity index (χ4n) is 3.24. The summed E-state index contributed by atoms with van der Waals surface area (Å²) >= 11 is 7.34. The van der Waals surface area contributed by atoms with Crippen molar-refractivity contribution in [1.29, 1.82) is 0 Å². The molecular formula is C19H19ClN4O2S. The molecule has 0 spiro atoms. The highest BCUT2D eigenvalue weighted by Gasteiger charge is 2.21. The summed E-state index contributed by atoms with van der Waals surface area (Å²) in [6, 6.07) is 8.99. The van der Waals surface area contributed by atoms with Crippen LogP contribution in [0, 0.1) is 0 Å². The molecule has 8 heteroatoms. The van der Waals surface area contributed by atoms with Gasteiger partial charge in [0.2, 0.25) is 5.91 Å². The summed E-state index contributed by atoms with van der Waals surface area (Å²) < 4.78 is 1.56. The fourth-order valence-corrected chi connectivity index (χ4v) is 4.11. The van der Waals surface area contributed by atoms with Crippen molar-refractivity contribution in [1.82, 2.24) is 19.2 Å². The van der Waals surface area contributed by atoms with Gasteiger partial charge >= 0.3 is 0 Å². The van der Waals surface area contributed by atoms with E-state index in [1.807, 2.05) is 34.5 Å². The standard InChI is InChI=1S/C19H19ClN4O2S/c20-15-3-1-14(2-4-15)11-17(25)23-7-5-22(6-8-23)13-16-12-18(26)24-9-10-27-19(24)21-16/h1-4,9-10,12H,5-8,11,13H2. The number of hydrogen-bond acceptors (Lipinski definition) is 5. The number of fused-ring (bicyclic) bond motifs is 1. The molecule has 0 atom stereocenters. The Morgan fingerprint density at radius 1 is 1.15 bits per heavy atom. The minimum Gasteiger partial charge on any atom is -0.340 e. The maximum atomic E-state index is 12.5. The molecule has 0 N–H and O–H groups in total. The molecule has 1 amide bonds. The van der Waals surface area contributed by atoms with E-state index in [0.717, 1.165) is 24.3 Å². The van der Waals surface area contributed by atoms with Crippen LogP contribution in [0.3, 0.4) is 0 Å². The van der Waals surface area contributed by atoms with E-state index in [1.54, 1.807) is 16.7 Å². The number of benzene rings is 1. The smallest absolute Gasteiger partial charge is 0.258 e. The number of aromatic nitrogens is 2. The van der Waals surface area contributed by atoms with E-state index in [0.29, 0.717) is 36.0 Å². The van der Waals surface area contributed by atoms with Crippen LogP contribution in [0.4, 0.5) is 0 Å². The zero-order valence-corrected chi connectivity index (χ0v) is 16.2. The summed E-state index contributed by atoms with van der Waals surface area (Å²) in [7, 11) is 0. The van der Waals surface area contributed by atoms with Gasteiger partial charge in [-0.2, -0.15) is 0 Å². The van der Waals surface area contributed by atoms with Gasteiger partial charge in [-0.25, -0.2) is 4.98 Å². The van der Waals surface area contributed by atoms with Gasteiger partial charge in [0, 0.05) is 55.4 Å². The first-order valence-corrected chi connectivity index (χ1v) is 10.0. The van der Waals surface area contributed by atoms with Crippen LogP contribution in [0.2, 0.25) is 5.02 Å². The Labute approximate surface area is 165 Å². The summed E-state index contributed by atoms with van der Waals surface area (Å²) in [4.78, 5) is 34.0. The number of nitrogens with zero attached hydrogens (tertiary/aromatic N) is 4. The predicted octanol–water partition coefficient (Wildman–Crippen LogP) is 2.30. The minimum atomic E-state index is -0.0481. The molecule has 4 rings (SSSR count). The molecule has 1 aliphatic rings. The van der Waals surface area contributed by atoms with Gasteiger partial charge in [0.25, 0.3) is 5.56 Å². The number of carbonyl (C=O) groups is 1. The first-order chi connectivity index (χ1) is 13.1. The molecule has 1 aromatic carbocycles. The molecule has 0 radical (unpaired) electrons. The summed E-state index contributed by atoms with van der Waals surface area (Å²) in [5.74, 6) is 0.133. The molecule has 140 valence electrons. The lowest BCUT2D eigenvalue weighted by Crippen LogP contribution is -2.48. The van der Waals surface area contributed by atoms with Gasteiger partial charge in [0.1, 0.15) is 0 Å². The summed E-state index contributed by atoms with van der Waals surface area (Å²) in [5.41, 5.74) is 1.71. The molecule has 0 unspecified atom stereocenters. The quantitative estimate of drug-likeness (QED) is 0.672. The number of hydrogen-bond donors (Lipinski definition) is 0. The zero-order chi connectivity index (χ0) is 18.8. The molecule has 1 aliphatic heterocycles. The van der Waals surface area contributed by atoms with Crippen molar-refractivity contribution in [3.05, 3.63) is 68.5 Å². The molecular weight excluding hydrogens is 384 g/mol. The van der Waals surface area contributed by atoms with Crippen LogP contribution >= 0.6 is 22.9 Å². The molecule has 27 heavy (non-hydrogen) atoms. The van der Waals surface area contributed by atoms with Gasteiger partial charge in [-0.3, -0.25) is 18.9 Å². The normalized spacial score (nSPS) is 15.4. The van der Waals surface area contributed by atoms with E-state index < -0.39 is 0 Å². The zero-order valence-electron chi connectivity index (χ0n) is 14.7. The topological polar surface area (TPSA) is 57.9 Å². The summed E-state index contributed by atoms with van der Waals surface area (Å²) in [5, 5.41) is 2.53. The van der Waals surface area contributed by atoms with E-state index in [4.69, 9.17) is 11.6 Å². The first-order valence-electron chi connectivity index (χ1n) is 8.79. The van der Waals surface area contributed by atoms with E-state index >= 15 is 0 Å². The summed E-state index contributed by atoms with van der Waals surface area (Å²) in [6.07, 6.45) is 2.13. The molecule has 0 bridgehead atoms. The van der Waals surface area contributed by atoms with Crippen molar-refractivity contribution in [2.75, 3.05) is 26.2 Å². The molecule has 0 saturated carbocycles. The predicted molar refractivity (Wildman–Crippen MR) is 106 cm³/mol. The first kappa shape index (κ1) is 18.2. The van der Waals surface area contributed by atoms with Crippen LogP contribution in [0.5, 0.6) is 0 Å². The Morgan fingerprint density at radius 2 is 1.89 bits per heavy atom. The minimum absolute atomic E-state index is 0.0481. The SMILES string of the molecule is O=C(Cc1ccc(Cl)cc1)N1CCN(Cc2cc(=O)n3ccsc3n2)CC1. The van der Waals surface area contributed by atoms with Gasteiger partial charge < -0.3 is 4.90 Å². The number of thiazole rings is 1. The Morgan fingerprint density at radius 3 is 2.63 bits per heavy atom. The Balaban J connectivity index is 1.33. The van der Waals surface area contributed by atoms with Crippen molar-refractivity contribution in [3.63, 3.8) is 0 Å². The number of halogens is 1. The third-order valence-corrected chi connectivity index (χ3v) is 5.74. The Bertz CT molecular complexity index is 1010. The second kappa shape index (κ2) is 7.80. The highest BCUT2D eigenvalue weighted by Crippen LogP contribution is 2.13. The molecule has 3 aromatic rings. The van der Waals surface area contributed by atoms with Crippen molar-refractivity contribution in [2.24, 2.45) is 0 Å². The molecule has 3 heterocycles. The van der Waals surface area contributed by atoms with Crippen LogP contribution in [0.15, 0.2) is 46.7 Å². The highest BCUT2D eigenvalue weighted by molar-refractivity contribution is 7.15. The van der Waals surface area contributed by atoms with Crippen LogP contribution in [0.25, 0.3) is 4.96 Å². The van der Waals surface area contributed by atoms with Crippen LogP contribution in [-0.4, -0.2) is 51.3 Å². The number of rotatable bonds is 4. The number of piperazine rings is 1.